The van der Waals surface area contributed by atoms with Crippen LogP contribution < -0.4 is 16.0 Å². The van der Waals surface area contributed by atoms with Gasteiger partial charge in [0.15, 0.2) is 10.7 Å². The number of aromatic nitrogens is 2. The number of rotatable bonds is 4. The molecule has 2 aromatic carbocycles. The molecule has 0 fully saturated rings. The smallest absolute Gasteiger partial charge is 0.320 e. The largest absolute Gasteiger partial charge is 0.324 e. The third kappa shape index (κ3) is 4.60. The predicted octanol–water partition coefficient (Wildman–Crippen LogP) is 4.70. The molecule has 0 radical (unpaired) electrons. The van der Waals surface area contributed by atoms with Crippen LogP contribution in [0, 0.1) is 13.8 Å². The van der Waals surface area contributed by atoms with Gasteiger partial charge in [-0.2, -0.15) is 0 Å². The Bertz CT molecular complexity index is 988. The molecular formula is C18H16ClN5O2S. The summed E-state index contributed by atoms with van der Waals surface area (Å²) in [6.45, 7) is 3.75. The first-order chi connectivity index (χ1) is 12.9. The number of hydrogen-bond acceptors (Lipinski definition) is 5. The van der Waals surface area contributed by atoms with Gasteiger partial charge in [0.2, 0.25) is 0 Å². The van der Waals surface area contributed by atoms with Crippen LogP contribution in [0.15, 0.2) is 42.5 Å². The molecule has 0 aliphatic heterocycles. The highest BCUT2D eigenvalue weighted by Gasteiger charge is 2.19. The summed E-state index contributed by atoms with van der Waals surface area (Å²) in [4.78, 5) is 24.7. The van der Waals surface area contributed by atoms with Crippen LogP contribution in [-0.2, 0) is 0 Å². The predicted molar refractivity (Wildman–Crippen MR) is 108 cm³/mol. The van der Waals surface area contributed by atoms with Crippen molar-refractivity contribution in [3.8, 4) is 0 Å². The first kappa shape index (κ1) is 18.8. The molecule has 1 heterocycles. The van der Waals surface area contributed by atoms with Gasteiger partial charge >= 0.3 is 6.03 Å². The summed E-state index contributed by atoms with van der Waals surface area (Å²) < 4.78 is 3.76. The van der Waals surface area contributed by atoms with Crippen molar-refractivity contribution in [3.05, 3.63) is 64.3 Å². The van der Waals surface area contributed by atoms with E-state index in [-0.39, 0.29) is 10.7 Å². The number of carbonyl (C=O) groups excluding carboxylic acids is 2. The topological polar surface area (TPSA) is 96.0 Å². The first-order valence-electron chi connectivity index (χ1n) is 7.97. The van der Waals surface area contributed by atoms with Gasteiger partial charge in [0.05, 0.1) is 0 Å². The van der Waals surface area contributed by atoms with Gasteiger partial charge in [0.1, 0.15) is 0 Å². The van der Waals surface area contributed by atoms with E-state index >= 15 is 0 Å². The summed E-state index contributed by atoms with van der Waals surface area (Å²) in [5.74, 6) is -0.486. The van der Waals surface area contributed by atoms with E-state index in [1.807, 2.05) is 19.1 Å². The molecule has 7 nitrogen and oxygen atoms in total. The molecule has 3 amide bonds. The maximum absolute atomic E-state index is 12.5. The Balaban J connectivity index is 1.69. The monoisotopic (exact) mass is 401 g/mol. The van der Waals surface area contributed by atoms with Gasteiger partial charge in [-0.1, -0.05) is 39.9 Å². The third-order valence-electron chi connectivity index (χ3n) is 3.76. The maximum atomic E-state index is 12.5. The van der Waals surface area contributed by atoms with Gasteiger partial charge in [0, 0.05) is 27.9 Å². The molecule has 0 atom stereocenters. The molecule has 3 N–H and O–H groups in total. The van der Waals surface area contributed by atoms with Crippen molar-refractivity contribution in [3.63, 3.8) is 0 Å². The van der Waals surface area contributed by atoms with E-state index in [1.54, 1.807) is 37.3 Å². The molecule has 0 bridgehead atoms. The first-order valence-corrected chi connectivity index (χ1v) is 9.12. The maximum Gasteiger partial charge on any atom is 0.324 e. The number of aryl methyl sites for hydroxylation is 1. The Hall–Kier alpha value is -2.97. The zero-order valence-electron chi connectivity index (χ0n) is 14.5. The number of halogens is 1. The molecule has 1 aromatic heterocycles. The van der Waals surface area contributed by atoms with Crippen LogP contribution in [0.1, 0.15) is 21.6 Å². The molecule has 27 heavy (non-hydrogen) atoms. The van der Waals surface area contributed by atoms with E-state index in [4.69, 9.17) is 11.6 Å². The summed E-state index contributed by atoms with van der Waals surface area (Å²) in [5.41, 5.74) is 3.05. The number of benzene rings is 2. The lowest BCUT2D eigenvalue weighted by Crippen LogP contribution is -2.21. The van der Waals surface area contributed by atoms with Gasteiger partial charge in [-0.15, -0.1) is 5.10 Å². The van der Waals surface area contributed by atoms with E-state index in [0.29, 0.717) is 16.4 Å². The van der Waals surface area contributed by atoms with Gasteiger partial charge in [-0.05, 0) is 43.7 Å². The second kappa shape index (κ2) is 8.15. The van der Waals surface area contributed by atoms with Gasteiger partial charge < -0.3 is 10.6 Å². The molecule has 0 spiro atoms. The molecule has 0 aliphatic carbocycles. The molecular weight excluding hydrogens is 386 g/mol. The number of anilines is 3. The van der Waals surface area contributed by atoms with Crippen LogP contribution in [0.25, 0.3) is 0 Å². The molecule has 3 aromatic rings. The average molecular weight is 402 g/mol. The van der Waals surface area contributed by atoms with E-state index in [9.17, 15) is 9.59 Å². The standard InChI is InChI=1S/C18H16ClN5O2S/c1-10-6-8-12(9-7-10)20-18(26)22-17-15(23-24-27-17)16(25)21-14-5-3-4-13(19)11(14)2/h3-9H,1-2H3,(H,21,25)(H2,20,22,26). The van der Waals surface area contributed by atoms with Crippen LogP contribution >= 0.6 is 23.1 Å². The van der Waals surface area contributed by atoms with Crippen LogP contribution in [0.3, 0.4) is 0 Å². The highest BCUT2D eigenvalue weighted by Crippen LogP contribution is 2.25. The highest BCUT2D eigenvalue weighted by atomic mass is 35.5. The zero-order chi connectivity index (χ0) is 19.4. The SMILES string of the molecule is Cc1ccc(NC(=O)Nc2snnc2C(=O)Nc2cccc(Cl)c2C)cc1. The fraction of sp³-hybridized carbons (Fsp3) is 0.111. The molecule has 3 rings (SSSR count). The minimum Gasteiger partial charge on any atom is -0.320 e. The van der Waals surface area contributed by atoms with E-state index in [2.05, 4.69) is 25.5 Å². The van der Waals surface area contributed by atoms with Crippen molar-refractivity contribution >= 4 is 51.4 Å². The Labute approximate surface area is 164 Å². The third-order valence-corrected chi connectivity index (χ3v) is 4.81. The zero-order valence-corrected chi connectivity index (χ0v) is 16.1. The van der Waals surface area contributed by atoms with Crippen molar-refractivity contribution in [2.45, 2.75) is 13.8 Å². The Morgan fingerprint density at radius 3 is 2.48 bits per heavy atom. The minimum atomic E-state index is -0.488. The second-order valence-corrected chi connectivity index (χ2v) is 6.92. The quantitative estimate of drug-likeness (QED) is 0.590. The number of hydrogen-bond donors (Lipinski definition) is 3. The molecule has 0 saturated carbocycles. The summed E-state index contributed by atoms with van der Waals surface area (Å²) in [6.07, 6.45) is 0. The van der Waals surface area contributed by atoms with Gasteiger partial charge in [0.25, 0.3) is 5.91 Å². The summed E-state index contributed by atoms with van der Waals surface area (Å²) in [6, 6.07) is 12.1. The second-order valence-electron chi connectivity index (χ2n) is 5.76. The van der Waals surface area contributed by atoms with Gasteiger partial charge in [-0.25, -0.2) is 4.79 Å². The average Bonchev–Trinajstić information content (AvgIpc) is 3.09. The lowest BCUT2D eigenvalue weighted by atomic mass is 10.2. The molecule has 0 unspecified atom stereocenters. The van der Waals surface area contributed by atoms with Gasteiger partial charge in [-0.3, -0.25) is 10.1 Å². The summed E-state index contributed by atoms with van der Waals surface area (Å²) in [7, 11) is 0. The molecule has 138 valence electrons. The van der Waals surface area contributed by atoms with Crippen molar-refractivity contribution in [1.82, 2.24) is 9.59 Å². The fourth-order valence-electron chi connectivity index (χ4n) is 2.25. The Morgan fingerprint density at radius 2 is 1.74 bits per heavy atom. The van der Waals surface area contributed by atoms with Crippen molar-refractivity contribution < 1.29 is 9.59 Å². The number of carbonyl (C=O) groups is 2. The van der Waals surface area contributed by atoms with Crippen LogP contribution in [0.4, 0.5) is 21.2 Å². The number of urea groups is 1. The van der Waals surface area contributed by atoms with Crippen LogP contribution in [0.2, 0.25) is 5.02 Å². The normalized spacial score (nSPS) is 10.3. The number of amides is 3. The van der Waals surface area contributed by atoms with E-state index in [0.717, 1.165) is 22.7 Å². The van der Waals surface area contributed by atoms with Crippen molar-refractivity contribution in [1.29, 1.82) is 0 Å². The van der Waals surface area contributed by atoms with Crippen LogP contribution in [0.5, 0.6) is 0 Å². The van der Waals surface area contributed by atoms with E-state index < -0.39 is 11.9 Å². The minimum absolute atomic E-state index is 0.0263. The van der Waals surface area contributed by atoms with E-state index in [1.165, 1.54) is 0 Å². The number of nitrogens with zero attached hydrogens (tertiary/aromatic N) is 2. The van der Waals surface area contributed by atoms with Crippen molar-refractivity contribution in [2.24, 2.45) is 0 Å². The summed E-state index contributed by atoms with van der Waals surface area (Å²) in [5, 5.41) is 12.6. The Morgan fingerprint density at radius 1 is 1.00 bits per heavy atom. The van der Waals surface area contributed by atoms with Crippen molar-refractivity contribution in [2.75, 3.05) is 16.0 Å². The fourth-order valence-corrected chi connectivity index (χ4v) is 2.99. The molecule has 9 heteroatoms. The highest BCUT2D eigenvalue weighted by molar-refractivity contribution is 7.10. The lowest BCUT2D eigenvalue weighted by Gasteiger charge is -2.10. The summed E-state index contributed by atoms with van der Waals surface area (Å²) >= 11 is 6.98. The molecule has 0 aliphatic rings. The number of nitrogens with one attached hydrogen (secondary N) is 3. The lowest BCUT2D eigenvalue weighted by molar-refractivity contribution is 0.102. The van der Waals surface area contributed by atoms with Crippen LogP contribution in [-0.4, -0.2) is 21.5 Å². The Kier molecular flexibility index (Phi) is 5.68. The molecule has 0 saturated heterocycles.